The van der Waals surface area contributed by atoms with Crippen molar-refractivity contribution in [3.63, 3.8) is 0 Å². The Morgan fingerprint density at radius 3 is 3.06 bits per heavy atom. The van der Waals surface area contributed by atoms with Gasteiger partial charge in [-0.25, -0.2) is 4.98 Å². The molecule has 4 nitrogen and oxygen atoms in total. The number of hydrogen-bond donors (Lipinski definition) is 3. The smallest absolute Gasteiger partial charge is 0.120 e. The van der Waals surface area contributed by atoms with Crippen molar-refractivity contribution in [1.29, 1.82) is 0 Å². The number of nitrogens with zero attached hydrogens (tertiary/aromatic N) is 1. The van der Waals surface area contributed by atoms with E-state index in [0.717, 1.165) is 24.2 Å². The predicted molar refractivity (Wildman–Crippen MR) is 67.1 cm³/mol. The highest BCUT2D eigenvalue weighted by Gasteiger charge is 2.01. The third kappa shape index (κ3) is 3.47. The molecule has 0 radical (unpaired) electrons. The first kappa shape index (κ1) is 12.0. The summed E-state index contributed by atoms with van der Waals surface area (Å²) in [6, 6.07) is 5.04. The molecule has 3 N–H and O–H groups in total. The van der Waals surface area contributed by atoms with Crippen LogP contribution in [0.5, 0.6) is 5.75 Å². The van der Waals surface area contributed by atoms with Gasteiger partial charge in [0.2, 0.25) is 0 Å². The number of phenols is 1. The van der Waals surface area contributed by atoms with Crippen molar-refractivity contribution >= 4 is 11.6 Å². The van der Waals surface area contributed by atoms with Gasteiger partial charge in [0, 0.05) is 42.0 Å². The van der Waals surface area contributed by atoms with Crippen LogP contribution in [0.25, 0.3) is 0 Å². The van der Waals surface area contributed by atoms with Crippen LogP contribution in [0.4, 0.5) is 0 Å². The lowest BCUT2D eigenvalue weighted by Gasteiger charge is -2.06. The van der Waals surface area contributed by atoms with Crippen LogP contribution in [-0.4, -0.2) is 21.6 Å². The van der Waals surface area contributed by atoms with Crippen molar-refractivity contribution in [3.8, 4) is 5.75 Å². The summed E-state index contributed by atoms with van der Waals surface area (Å²) in [5.74, 6) is 0.267. The minimum atomic E-state index is 0.267. The summed E-state index contributed by atoms with van der Waals surface area (Å²) in [7, 11) is 0. The van der Waals surface area contributed by atoms with E-state index in [1.165, 1.54) is 0 Å². The van der Waals surface area contributed by atoms with E-state index in [0.29, 0.717) is 11.6 Å². The van der Waals surface area contributed by atoms with E-state index in [2.05, 4.69) is 15.3 Å². The van der Waals surface area contributed by atoms with E-state index in [4.69, 9.17) is 11.6 Å². The molecule has 5 heteroatoms. The van der Waals surface area contributed by atoms with Gasteiger partial charge in [0.1, 0.15) is 5.75 Å². The maximum Gasteiger partial charge on any atom is 0.120 e. The van der Waals surface area contributed by atoms with Crippen molar-refractivity contribution in [2.45, 2.75) is 13.0 Å². The maximum atomic E-state index is 9.60. The zero-order valence-corrected chi connectivity index (χ0v) is 10.0. The number of aromatic nitrogens is 2. The quantitative estimate of drug-likeness (QED) is 0.714. The first-order chi connectivity index (χ1) is 8.25. The molecule has 2 aromatic rings. The van der Waals surface area contributed by atoms with Crippen LogP contribution in [0.1, 0.15) is 11.3 Å². The number of benzene rings is 1. The average Bonchev–Trinajstić information content (AvgIpc) is 2.82. The minimum absolute atomic E-state index is 0.267. The zero-order valence-electron chi connectivity index (χ0n) is 9.28. The van der Waals surface area contributed by atoms with Gasteiger partial charge < -0.3 is 15.4 Å². The average molecular weight is 252 g/mol. The Kier molecular flexibility index (Phi) is 4.01. The van der Waals surface area contributed by atoms with E-state index in [1.807, 2.05) is 0 Å². The Hall–Kier alpha value is -1.52. The summed E-state index contributed by atoms with van der Waals surface area (Å²) in [5.41, 5.74) is 1.90. The first-order valence-corrected chi connectivity index (χ1v) is 5.79. The molecule has 17 heavy (non-hydrogen) atoms. The van der Waals surface area contributed by atoms with Crippen LogP contribution in [0.3, 0.4) is 0 Å². The number of rotatable bonds is 5. The Balaban J connectivity index is 1.80. The van der Waals surface area contributed by atoms with E-state index < -0.39 is 0 Å². The molecule has 0 bridgehead atoms. The molecule has 0 saturated heterocycles. The van der Waals surface area contributed by atoms with Crippen LogP contribution >= 0.6 is 11.6 Å². The number of nitrogens with one attached hydrogen (secondary N) is 2. The molecule has 1 heterocycles. The van der Waals surface area contributed by atoms with Gasteiger partial charge in [-0.2, -0.15) is 0 Å². The molecule has 0 aliphatic rings. The lowest BCUT2D eigenvalue weighted by molar-refractivity contribution is 0.464. The third-order valence-electron chi connectivity index (χ3n) is 2.48. The molecule has 0 aliphatic carbocycles. The van der Waals surface area contributed by atoms with Crippen LogP contribution < -0.4 is 5.32 Å². The summed E-state index contributed by atoms with van der Waals surface area (Å²) >= 11 is 5.86. The number of aromatic amines is 1. The Bertz CT molecular complexity index is 471. The summed E-state index contributed by atoms with van der Waals surface area (Å²) < 4.78 is 0. The Morgan fingerprint density at radius 2 is 2.29 bits per heavy atom. The molecule has 1 aromatic carbocycles. The van der Waals surface area contributed by atoms with E-state index >= 15 is 0 Å². The molecule has 0 fully saturated rings. The first-order valence-electron chi connectivity index (χ1n) is 5.41. The van der Waals surface area contributed by atoms with Gasteiger partial charge in [0.15, 0.2) is 0 Å². The highest BCUT2D eigenvalue weighted by molar-refractivity contribution is 6.30. The van der Waals surface area contributed by atoms with Gasteiger partial charge in [-0.3, -0.25) is 0 Å². The van der Waals surface area contributed by atoms with Crippen LogP contribution in [0.2, 0.25) is 5.02 Å². The molecule has 0 atom stereocenters. The summed E-state index contributed by atoms with van der Waals surface area (Å²) in [4.78, 5) is 6.98. The molecular weight excluding hydrogens is 238 g/mol. The molecule has 90 valence electrons. The standard InChI is InChI=1S/C12H14ClN3O/c13-10-1-2-12(17)9(5-10)6-14-4-3-11-7-15-8-16-11/h1-2,5,7-8,14,17H,3-4,6H2,(H,15,16). The highest BCUT2D eigenvalue weighted by Crippen LogP contribution is 2.20. The minimum Gasteiger partial charge on any atom is -0.508 e. The monoisotopic (exact) mass is 251 g/mol. The predicted octanol–water partition coefficient (Wildman–Crippen LogP) is 2.10. The van der Waals surface area contributed by atoms with Gasteiger partial charge in [0.05, 0.1) is 6.33 Å². The third-order valence-corrected chi connectivity index (χ3v) is 2.72. The van der Waals surface area contributed by atoms with E-state index in [9.17, 15) is 5.11 Å². The van der Waals surface area contributed by atoms with Crippen molar-refractivity contribution in [1.82, 2.24) is 15.3 Å². The number of imidazole rings is 1. The van der Waals surface area contributed by atoms with Crippen LogP contribution in [-0.2, 0) is 13.0 Å². The normalized spacial score (nSPS) is 10.6. The van der Waals surface area contributed by atoms with E-state index in [-0.39, 0.29) is 5.75 Å². The number of halogens is 1. The SMILES string of the molecule is Oc1ccc(Cl)cc1CNCCc1cnc[nH]1. The fourth-order valence-electron chi connectivity index (χ4n) is 1.56. The van der Waals surface area contributed by atoms with Crippen LogP contribution in [0.15, 0.2) is 30.7 Å². The molecule has 0 amide bonds. The summed E-state index contributed by atoms with van der Waals surface area (Å²) in [6.07, 6.45) is 4.35. The van der Waals surface area contributed by atoms with Gasteiger partial charge >= 0.3 is 0 Å². The van der Waals surface area contributed by atoms with Crippen molar-refractivity contribution in [2.24, 2.45) is 0 Å². The Labute approximate surface area is 105 Å². The molecule has 0 saturated carbocycles. The van der Waals surface area contributed by atoms with Gasteiger partial charge in [0.25, 0.3) is 0 Å². The van der Waals surface area contributed by atoms with Crippen molar-refractivity contribution < 1.29 is 5.11 Å². The second kappa shape index (κ2) is 5.70. The molecule has 0 unspecified atom stereocenters. The second-order valence-electron chi connectivity index (χ2n) is 3.78. The van der Waals surface area contributed by atoms with E-state index in [1.54, 1.807) is 30.7 Å². The molecule has 0 aliphatic heterocycles. The topological polar surface area (TPSA) is 60.9 Å². The summed E-state index contributed by atoms with van der Waals surface area (Å²) in [5, 5.41) is 13.5. The maximum absolute atomic E-state index is 9.60. The van der Waals surface area contributed by atoms with Gasteiger partial charge in [-0.1, -0.05) is 11.6 Å². The highest BCUT2D eigenvalue weighted by atomic mass is 35.5. The number of aromatic hydroxyl groups is 1. The number of H-pyrrole nitrogens is 1. The van der Waals surface area contributed by atoms with Crippen LogP contribution in [0, 0.1) is 0 Å². The molecule has 2 rings (SSSR count). The number of phenolic OH excluding ortho intramolecular Hbond substituents is 1. The molecule has 1 aromatic heterocycles. The Morgan fingerprint density at radius 1 is 1.41 bits per heavy atom. The number of hydrogen-bond acceptors (Lipinski definition) is 3. The molecule has 0 spiro atoms. The van der Waals surface area contributed by atoms with Crippen molar-refractivity contribution in [3.05, 3.63) is 47.0 Å². The second-order valence-corrected chi connectivity index (χ2v) is 4.21. The summed E-state index contributed by atoms with van der Waals surface area (Å²) in [6.45, 7) is 1.41. The largest absolute Gasteiger partial charge is 0.508 e. The molecular formula is C12H14ClN3O. The lowest BCUT2D eigenvalue weighted by atomic mass is 10.2. The van der Waals surface area contributed by atoms with Gasteiger partial charge in [-0.05, 0) is 18.2 Å². The van der Waals surface area contributed by atoms with Gasteiger partial charge in [-0.15, -0.1) is 0 Å². The lowest BCUT2D eigenvalue weighted by Crippen LogP contribution is -2.16. The zero-order chi connectivity index (χ0) is 12.1. The van der Waals surface area contributed by atoms with Crippen molar-refractivity contribution in [2.75, 3.05) is 6.54 Å². The fourth-order valence-corrected chi connectivity index (χ4v) is 1.76. The fraction of sp³-hybridized carbons (Fsp3) is 0.250.